The molecule has 0 radical (unpaired) electrons. The van der Waals surface area contributed by atoms with Gasteiger partial charge >= 0.3 is 0 Å². The van der Waals surface area contributed by atoms with Gasteiger partial charge in [-0.3, -0.25) is 0 Å². The number of nitrogens with one attached hydrogen (secondary N) is 1. The second-order valence-electron chi connectivity index (χ2n) is 4.69. The Morgan fingerprint density at radius 3 is 2.79 bits per heavy atom. The minimum Gasteiger partial charge on any atom is -0.316 e. The average Bonchev–Trinajstić information content (AvgIpc) is 2.58. The molecule has 1 nitrogen and oxygen atoms in total. The predicted molar refractivity (Wildman–Crippen MR) is 67.0 cm³/mol. The third-order valence-corrected chi connectivity index (χ3v) is 3.89. The first-order valence-corrected chi connectivity index (χ1v) is 7.42. The summed E-state index contributed by atoms with van der Waals surface area (Å²) in [5.74, 6) is 3.28. The van der Waals surface area contributed by atoms with E-state index < -0.39 is 0 Å². The van der Waals surface area contributed by atoms with Crippen LogP contribution in [0.4, 0.5) is 0 Å². The molecule has 1 N–H and O–H groups in total. The molecule has 0 aromatic rings. The van der Waals surface area contributed by atoms with Gasteiger partial charge in [-0.15, -0.1) is 0 Å². The Balaban J connectivity index is 1.84. The third kappa shape index (κ3) is 5.26. The topological polar surface area (TPSA) is 12.0 Å². The normalized spacial score (nSPS) is 27.0. The average molecular weight is 215 g/mol. The van der Waals surface area contributed by atoms with E-state index in [1.807, 2.05) is 11.8 Å². The zero-order chi connectivity index (χ0) is 10.2. The highest BCUT2D eigenvalue weighted by molar-refractivity contribution is 7.98. The van der Waals surface area contributed by atoms with Crippen molar-refractivity contribution in [1.29, 1.82) is 0 Å². The van der Waals surface area contributed by atoms with Crippen LogP contribution in [0.1, 0.15) is 39.0 Å². The van der Waals surface area contributed by atoms with Gasteiger partial charge in [0.05, 0.1) is 0 Å². The van der Waals surface area contributed by atoms with Gasteiger partial charge in [-0.2, -0.15) is 11.8 Å². The summed E-state index contributed by atoms with van der Waals surface area (Å²) in [6.45, 7) is 4.88. The van der Waals surface area contributed by atoms with Crippen molar-refractivity contribution in [3.8, 4) is 0 Å². The molecule has 0 spiro atoms. The maximum atomic E-state index is 3.60. The molecule has 0 aromatic heterocycles. The fourth-order valence-electron chi connectivity index (χ4n) is 2.31. The fraction of sp³-hybridized carbons (Fsp3) is 1.00. The largest absolute Gasteiger partial charge is 0.316 e. The maximum absolute atomic E-state index is 3.60. The minimum atomic E-state index is 0.977. The van der Waals surface area contributed by atoms with Gasteiger partial charge in [0, 0.05) is 0 Å². The summed E-state index contributed by atoms with van der Waals surface area (Å²) in [6, 6.07) is 0. The highest BCUT2D eigenvalue weighted by Gasteiger charge is 2.20. The van der Waals surface area contributed by atoms with Crippen LogP contribution >= 0.6 is 11.8 Å². The highest BCUT2D eigenvalue weighted by atomic mass is 32.2. The van der Waals surface area contributed by atoms with Gasteiger partial charge in [0.2, 0.25) is 0 Å². The summed E-state index contributed by atoms with van der Waals surface area (Å²) < 4.78 is 0. The van der Waals surface area contributed by atoms with Gasteiger partial charge in [0.15, 0.2) is 0 Å². The van der Waals surface area contributed by atoms with Crippen molar-refractivity contribution in [3.05, 3.63) is 0 Å². The molecule has 0 saturated heterocycles. The van der Waals surface area contributed by atoms with E-state index in [1.165, 1.54) is 50.9 Å². The molecule has 0 bridgehead atoms. The van der Waals surface area contributed by atoms with Crippen LogP contribution in [-0.4, -0.2) is 25.1 Å². The lowest BCUT2D eigenvalue weighted by molar-refractivity contribution is 0.467. The molecule has 2 heteroatoms. The van der Waals surface area contributed by atoms with E-state index in [9.17, 15) is 0 Å². The molecule has 1 saturated carbocycles. The SMILES string of the molecule is CSCCCCNCC1CCC(C)C1. The molecule has 1 rings (SSSR count). The Labute approximate surface area is 93.4 Å². The van der Waals surface area contributed by atoms with Crippen LogP contribution in [-0.2, 0) is 0 Å². The summed E-state index contributed by atoms with van der Waals surface area (Å²) in [5.41, 5.74) is 0. The first-order valence-electron chi connectivity index (χ1n) is 6.02. The number of hydrogen-bond donors (Lipinski definition) is 1. The van der Waals surface area contributed by atoms with Gasteiger partial charge in [-0.25, -0.2) is 0 Å². The predicted octanol–water partition coefficient (Wildman–Crippen LogP) is 3.16. The molecule has 0 heterocycles. The Hall–Kier alpha value is 0.310. The number of rotatable bonds is 7. The summed E-state index contributed by atoms with van der Waals surface area (Å²) in [5, 5.41) is 3.60. The molecule has 0 aromatic carbocycles. The first-order chi connectivity index (χ1) is 6.83. The van der Waals surface area contributed by atoms with E-state index in [0.717, 1.165) is 11.8 Å². The molecular weight excluding hydrogens is 190 g/mol. The van der Waals surface area contributed by atoms with Crippen LogP contribution in [0.15, 0.2) is 0 Å². The van der Waals surface area contributed by atoms with Crippen molar-refractivity contribution in [2.75, 3.05) is 25.1 Å². The van der Waals surface area contributed by atoms with Gasteiger partial charge in [-0.1, -0.05) is 13.3 Å². The molecule has 1 aliphatic carbocycles. The third-order valence-electron chi connectivity index (χ3n) is 3.19. The van der Waals surface area contributed by atoms with Gasteiger partial charge in [-0.05, 0) is 62.6 Å². The van der Waals surface area contributed by atoms with Gasteiger partial charge < -0.3 is 5.32 Å². The zero-order valence-corrected chi connectivity index (χ0v) is 10.5. The molecule has 84 valence electrons. The van der Waals surface area contributed by atoms with Crippen LogP contribution < -0.4 is 5.32 Å². The summed E-state index contributed by atoms with van der Waals surface area (Å²) in [6.07, 6.45) is 9.28. The smallest absolute Gasteiger partial charge is 0.00204 e. The van der Waals surface area contributed by atoms with E-state index in [-0.39, 0.29) is 0 Å². The van der Waals surface area contributed by atoms with E-state index in [0.29, 0.717) is 0 Å². The van der Waals surface area contributed by atoms with E-state index in [2.05, 4.69) is 18.5 Å². The van der Waals surface area contributed by atoms with Gasteiger partial charge in [0.1, 0.15) is 0 Å². The highest BCUT2D eigenvalue weighted by Crippen LogP contribution is 2.29. The summed E-state index contributed by atoms with van der Waals surface area (Å²) in [4.78, 5) is 0. The van der Waals surface area contributed by atoms with Crippen LogP contribution in [0.25, 0.3) is 0 Å². The second kappa shape index (κ2) is 7.58. The monoisotopic (exact) mass is 215 g/mol. The molecule has 0 amide bonds. The van der Waals surface area contributed by atoms with E-state index >= 15 is 0 Å². The van der Waals surface area contributed by atoms with Crippen LogP contribution in [0.5, 0.6) is 0 Å². The molecule has 2 atom stereocenters. The zero-order valence-electron chi connectivity index (χ0n) is 9.72. The molecule has 0 aliphatic heterocycles. The fourth-order valence-corrected chi connectivity index (χ4v) is 2.81. The van der Waals surface area contributed by atoms with Crippen molar-refractivity contribution in [2.45, 2.75) is 39.0 Å². The van der Waals surface area contributed by atoms with Crippen molar-refractivity contribution < 1.29 is 0 Å². The number of thioether (sulfide) groups is 1. The second-order valence-corrected chi connectivity index (χ2v) is 5.67. The van der Waals surface area contributed by atoms with E-state index in [4.69, 9.17) is 0 Å². The first kappa shape index (κ1) is 12.4. The van der Waals surface area contributed by atoms with Crippen molar-refractivity contribution in [2.24, 2.45) is 11.8 Å². The molecule has 14 heavy (non-hydrogen) atoms. The van der Waals surface area contributed by atoms with E-state index in [1.54, 1.807) is 0 Å². The Bertz CT molecular complexity index is 138. The number of hydrogen-bond acceptors (Lipinski definition) is 2. The van der Waals surface area contributed by atoms with Crippen molar-refractivity contribution in [3.63, 3.8) is 0 Å². The molecule has 2 unspecified atom stereocenters. The lowest BCUT2D eigenvalue weighted by atomic mass is 10.1. The molecular formula is C12H25NS. The molecule has 1 fully saturated rings. The van der Waals surface area contributed by atoms with Crippen LogP contribution in [0, 0.1) is 11.8 Å². The van der Waals surface area contributed by atoms with Crippen molar-refractivity contribution >= 4 is 11.8 Å². The number of unbranched alkanes of at least 4 members (excludes halogenated alkanes) is 1. The summed E-state index contributed by atoms with van der Waals surface area (Å²) in [7, 11) is 0. The maximum Gasteiger partial charge on any atom is -0.00204 e. The lowest BCUT2D eigenvalue weighted by Gasteiger charge is -2.10. The Kier molecular flexibility index (Phi) is 6.70. The quantitative estimate of drug-likeness (QED) is 0.655. The van der Waals surface area contributed by atoms with Gasteiger partial charge in [0.25, 0.3) is 0 Å². The standard InChI is InChI=1S/C12H25NS/c1-11-5-6-12(9-11)10-13-7-3-4-8-14-2/h11-13H,3-10H2,1-2H3. The van der Waals surface area contributed by atoms with Crippen molar-refractivity contribution in [1.82, 2.24) is 5.32 Å². The lowest BCUT2D eigenvalue weighted by Crippen LogP contribution is -2.22. The molecule has 1 aliphatic rings. The van der Waals surface area contributed by atoms with Crippen LogP contribution in [0.2, 0.25) is 0 Å². The van der Waals surface area contributed by atoms with Crippen LogP contribution in [0.3, 0.4) is 0 Å². The minimum absolute atomic E-state index is 0.977. The summed E-state index contributed by atoms with van der Waals surface area (Å²) >= 11 is 1.96. The Morgan fingerprint density at radius 2 is 2.14 bits per heavy atom. The Morgan fingerprint density at radius 1 is 1.29 bits per heavy atom.